The number of tetrazole rings is 1. The fourth-order valence-corrected chi connectivity index (χ4v) is 3.24. The number of aromatic nitrogens is 4. The standard InChI is InChI=1S/C22H19N5O3/c1-2-26(20-9-5-7-16-6-3-4-8-19(16)20)21(28)14-30-22(29)17-10-12-18(13-11-17)27-15-23-24-25-27/h3-13,15H,2,14H2,1H3. The summed E-state index contributed by atoms with van der Waals surface area (Å²) in [7, 11) is 0. The number of hydrogen-bond donors (Lipinski definition) is 0. The van der Waals surface area contributed by atoms with E-state index in [0.717, 1.165) is 16.5 Å². The van der Waals surface area contributed by atoms with E-state index >= 15 is 0 Å². The molecule has 0 unspecified atom stereocenters. The Morgan fingerprint density at radius 2 is 1.77 bits per heavy atom. The summed E-state index contributed by atoms with van der Waals surface area (Å²) in [5, 5.41) is 12.9. The number of carbonyl (C=O) groups is 2. The van der Waals surface area contributed by atoms with Gasteiger partial charge in [0, 0.05) is 11.9 Å². The number of esters is 1. The van der Waals surface area contributed by atoms with Gasteiger partial charge < -0.3 is 9.64 Å². The Morgan fingerprint density at radius 1 is 1.00 bits per heavy atom. The third-order valence-electron chi connectivity index (χ3n) is 4.72. The maximum Gasteiger partial charge on any atom is 0.338 e. The van der Waals surface area contributed by atoms with Gasteiger partial charge in [0.1, 0.15) is 6.33 Å². The number of anilines is 1. The highest BCUT2D eigenvalue weighted by Gasteiger charge is 2.18. The van der Waals surface area contributed by atoms with Crippen molar-refractivity contribution in [1.82, 2.24) is 20.2 Å². The van der Waals surface area contributed by atoms with Crippen LogP contribution in [-0.2, 0) is 9.53 Å². The van der Waals surface area contributed by atoms with Crippen molar-refractivity contribution in [3.63, 3.8) is 0 Å². The Balaban J connectivity index is 1.44. The predicted molar refractivity (Wildman–Crippen MR) is 111 cm³/mol. The summed E-state index contributed by atoms with van der Waals surface area (Å²) in [4.78, 5) is 26.8. The van der Waals surface area contributed by atoms with E-state index in [-0.39, 0.29) is 12.5 Å². The Bertz CT molecular complexity index is 1170. The number of fused-ring (bicyclic) bond motifs is 1. The number of hydrogen-bond acceptors (Lipinski definition) is 6. The maximum absolute atomic E-state index is 12.8. The van der Waals surface area contributed by atoms with Crippen LogP contribution < -0.4 is 4.90 Å². The van der Waals surface area contributed by atoms with Crippen molar-refractivity contribution < 1.29 is 14.3 Å². The molecule has 0 fully saturated rings. The molecule has 0 radical (unpaired) electrons. The highest BCUT2D eigenvalue weighted by molar-refractivity contribution is 6.04. The highest BCUT2D eigenvalue weighted by atomic mass is 16.5. The topological polar surface area (TPSA) is 90.2 Å². The van der Waals surface area contributed by atoms with Crippen LogP contribution in [0.2, 0.25) is 0 Å². The first-order valence-corrected chi connectivity index (χ1v) is 9.46. The lowest BCUT2D eigenvalue weighted by molar-refractivity contribution is -0.121. The van der Waals surface area contributed by atoms with Gasteiger partial charge in [-0.05, 0) is 53.1 Å². The molecule has 1 heterocycles. The minimum absolute atomic E-state index is 0.285. The number of carbonyl (C=O) groups excluding carboxylic acids is 2. The quantitative estimate of drug-likeness (QED) is 0.461. The average molecular weight is 401 g/mol. The van der Waals surface area contributed by atoms with E-state index in [1.807, 2.05) is 49.4 Å². The Morgan fingerprint density at radius 3 is 2.50 bits per heavy atom. The summed E-state index contributed by atoms with van der Waals surface area (Å²) in [6.45, 7) is 2.01. The van der Waals surface area contributed by atoms with E-state index in [2.05, 4.69) is 15.5 Å². The van der Waals surface area contributed by atoms with Crippen molar-refractivity contribution >= 4 is 28.3 Å². The number of rotatable bonds is 6. The van der Waals surface area contributed by atoms with Crippen molar-refractivity contribution in [2.45, 2.75) is 6.92 Å². The SMILES string of the molecule is CCN(C(=O)COC(=O)c1ccc(-n2cnnn2)cc1)c1cccc2ccccc12. The Hall–Kier alpha value is -4.07. The third-order valence-corrected chi connectivity index (χ3v) is 4.72. The summed E-state index contributed by atoms with van der Waals surface area (Å²) in [5.41, 5.74) is 1.84. The van der Waals surface area contributed by atoms with E-state index in [1.165, 1.54) is 11.0 Å². The average Bonchev–Trinajstić information content (AvgIpc) is 3.33. The predicted octanol–water partition coefficient (Wildman–Crippen LogP) is 3.03. The molecule has 1 amide bonds. The van der Waals surface area contributed by atoms with E-state index in [0.29, 0.717) is 17.8 Å². The number of amides is 1. The monoisotopic (exact) mass is 401 g/mol. The zero-order valence-corrected chi connectivity index (χ0v) is 16.3. The molecule has 4 aromatic rings. The molecule has 0 aliphatic rings. The van der Waals surface area contributed by atoms with Crippen LogP contribution in [0.5, 0.6) is 0 Å². The minimum atomic E-state index is -0.569. The summed E-state index contributed by atoms with van der Waals surface area (Å²) < 4.78 is 6.73. The fraction of sp³-hybridized carbons (Fsp3) is 0.136. The van der Waals surface area contributed by atoms with Gasteiger partial charge in [-0.2, -0.15) is 0 Å². The first-order valence-electron chi connectivity index (χ1n) is 9.46. The molecule has 8 nitrogen and oxygen atoms in total. The molecular weight excluding hydrogens is 382 g/mol. The summed E-state index contributed by atoms with van der Waals surface area (Å²) in [5.74, 6) is -0.854. The lowest BCUT2D eigenvalue weighted by atomic mass is 10.1. The zero-order valence-electron chi connectivity index (χ0n) is 16.3. The normalized spacial score (nSPS) is 10.7. The smallest absolute Gasteiger partial charge is 0.338 e. The molecule has 0 N–H and O–H groups in total. The van der Waals surface area contributed by atoms with E-state index in [4.69, 9.17) is 4.74 Å². The van der Waals surface area contributed by atoms with E-state index < -0.39 is 5.97 Å². The van der Waals surface area contributed by atoms with Crippen molar-refractivity contribution in [2.75, 3.05) is 18.1 Å². The van der Waals surface area contributed by atoms with Crippen molar-refractivity contribution in [3.05, 3.63) is 78.6 Å². The van der Waals surface area contributed by atoms with Crippen LogP contribution in [0, 0.1) is 0 Å². The van der Waals surface area contributed by atoms with Crippen molar-refractivity contribution in [1.29, 1.82) is 0 Å². The summed E-state index contributed by atoms with van der Waals surface area (Å²) in [6.07, 6.45) is 1.46. The molecule has 0 spiro atoms. The van der Waals surface area contributed by atoms with E-state index in [9.17, 15) is 9.59 Å². The zero-order chi connectivity index (χ0) is 20.9. The molecule has 8 heteroatoms. The lowest BCUT2D eigenvalue weighted by Crippen LogP contribution is -2.34. The van der Waals surface area contributed by atoms with Crippen molar-refractivity contribution in [2.24, 2.45) is 0 Å². The molecule has 1 aromatic heterocycles. The van der Waals surface area contributed by atoms with Gasteiger partial charge in [0.2, 0.25) is 0 Å². The van der Waals surface area contributed by atoms with Gasteiger partial charge in [-0.15, -0.1) is 5.10 Å². The van der Waals surface area contributed by atoms with Crippen molar-refractivity contribution in [3.8, 4) is 5.69 Å². The highest BCUT2D eigenvalue weighted by Crippen LogP contribution is 2.26. The Labute approximate surface area is 172 Å². The van der Waals surface area contributed by atoms with Crippen LogP contribution in [0.3, 0.4) is 0 Å². The molecule has 150 valence electrons. The van der Waals surface area contributed by atoms with Crippen LogP contribution >= 0.6 is 0 Å². The third kappa shape index (κ3) is 3.88. The van der Waals surface area contributed by atoms with Gasteiger partial charge in [0.05, 0.1) is 16.9 Å². The molecule has 0 aliphatic carbocycles. The number of likely N-dealkylation sites (N-methyl/N-ethyl adjacent to an activating group) is 1. The Kier molecular flexibility index (Phi) is 5.47. The lowest BCUT2D eigenvalue weighted by Gasteiger charge is -2.22. The molecule has 0 aliphatic heterocycles. The molecule has 0 saturated carbocycles. The minimum Gasteiger partial charge on any atom is -0.452 e. The van der Waals surface area contributed by atoms with Crippen LogP contribution in [0.25, 0.3) is 16.5 Å². The molecule has 0 bridgehead atoms. The molecule has 4 rings (SSSR count). The molecule has 0 saturated heterocycles. The van der Waals surface area contributed by atoms with Gasteiger partial charge in [-0.1, -0.05) is 36.4 Å². The molecule has 0 atom stereocenters. The molecule has 3 aromatic carbocycles. The van der Waals surface area contributed by atoms with Crippen LogP contribution in [-0.4, -0.2) is 45.2 Å². The second-order valence-corrected chi connectivity index (χ2v) is 6.51. The van der Waals surface area contributed by atoms with Crippen LogP contribution in [0.1, 0.15) is 17.3 Å². The van der Waals surface area contributed by atoms with Gasteiger partial charge >= 0.3 is 5.97 Å². The summed E-state index contributed by atoms with van der Waals surface area (Å²) in [6, 6.07) is 20.3. The number of ether oxygens (including phenoxy) is 1. The van der Waals surface area contributed by atoms with Crippen LogP contribution in [0.15, 0.2) is 73.1 Å². The fourth-order valence-electron chi connectivity index (χ4n) is 3.24. The van der Waals surface area contributed by atoms with Gasteiger partial charge in [-0.25, -0.2) is 9.48 Å². The van der Waals surface area contributed by atoms with Crippen LogP contribution in [0.4, 0.5) is 5.69 Å². The number of nitrogens with zero attached hydrogens (tertiary/aromatic N) is 5. The maximum atomic E-state index is 12.8. The first kappa shape index (κ1) is 19.3. The van der Waals surface area contributed by atoms with Gasteiger partial charge in [0.15, 0.2) is 6.61 Å². The molecule has 30 heavy (non-hydrogen) atoms. The first-order chi connectivity index (χ1) is 14.7. The van der Waals surface area contributed by atoms with Gasteiger partial charge in [-0.3, -0.25) is 4.79 Å². The van der Waals surface area contributed by atoms with E-state index in [1.54, 1.807) is 29.2 Å². The second kappa shape index (κ2) is 8.52. The van der Waals surface area contributed by atoms with Gasteiger partial charge in [0.25, 0.3) is 5.91 Å². The second-order valence-electron chi connectivity index (χ2n) is 6.51. The molecular formula is C22H19N5O3. The largest absolute Gasteiger partial charge is 0.452 e. The number of benzene rings is 3. The summed E-state index contributed by atoms with van der Waals surface area (Å²) >= 11 is 0.